The molecule has 2 aromatic heterocycles. The van der Waals surface area contributed by atoms with Gasteiger partial charge < -0.3 is 10.2 Å². The maximum absolute atomic E-state index is 13.8. The summed E-state index contributed by atoms with van der Waals surface area (Å²) in [6.07, 6.45) is 1.54. The highest BCUT2D eigenvalue weighted by molar-refractivity contribution is 5.79. The molecule has 0 aliphatic rings. The molecule has 0 atom stereocenters. The Kier molecular flexibility index (Phi) is 2.48. The van der Waals surface area contributed by atoms with Gasteiger partial charge in [-0.25, -0.2) is 18.7 Å². The first kappa shape index (κ1) is 11.6. The summed E-state index contributed by atoms with van der Waals surface area (Å²) < 4.78 is 33.8. The Bertz CT molecular complexity index is 763. The van der Waals surface area contributed by atoms with Crippen LogP contribution in [0.1, 0.15) is 11.7 Å². The Morgan fingerprint density at radius 2 is 2.16 bits per heavy atom. The number of nitrogen functional groups attached to an aromatic ring is 1. The molecule has 98 valence electrons. The number of nitrogens with two attached hydrogens (primary N) is 1. The van der Waals surface area contributed by atoms with E-state index in [2.05, 4.69) is 9.97 Å². The summed E-state index contributed by atoms with van der Waals surface area (Å²) in [6.45, 7) is 1.84. The number of aromatic nitrogens is 3. The number of fused-ring (bicyclic) bond motifs is 1. The zero-order valence-corrected chi connectivity index (χ0v) is 10.0. The van der Waals surface area contributed by atoms with Crippen molar-refractivity contribution in [2.45, 2.75) is 13.5 Å². The van der Waals surface area contributed by atoms with E-state index in [0.717, 1.165) is 6.07 Å². The largest absolute Gasteiger partial charge is 0.444 e. The molecule has 0 saturated heterocycles. The molecular formula is C12H10F2N4O. The van der Waals surface area contributed by atoms with Crippen LogP contribution in [-0.2, 0) is 6.54 Å². The summed E-state index contributed by atoms with van der Waals surface area (Å²) in [5, 5.41) is 0. The standard InChI is InChI=1S/C12H10F2N4O/c1-6-4-16-9(19-6)5-18-11-8(17-12(18)15)3-2-7(13)10(11)14/h2-4H,5H2,1H3,(H2,15,17). The van der Waals surface area contributed by atoms with Gasteiger partial charge in [-0.15, -0.1) is 0 Å². The van der Waals surface area contributed by atoms with Crippen LogP contribution in [-0.4, -0.2) is 14.5 Å². The molecule has 0 saturated carbocycles. The van der Waals surface area contributed by atoms with Gasteiger partial charge in [0.2, 0.25) is 11.8 Å². The molecule has 2 heterocycles. The minimum absolute atomic E-state index is 0.00773. The van der Waals surface area contributed by atoms with Crippen molar-refractivity contribution in [3.8, 4) is 0 Å². The van der Waals surface area contributed by atoms with Crippen LogP contribution in [0.15, 0.2) is 22.7 Å². The molecule has 2 N–H and O–H groups in total. The Labute approximate surface area is 106 Å². The lowest BCUT2D eigenvalue weighted by molar-refractivity contribution is 0.458. The second-order valence-corrected chi connectivity index (χ2v) is 4.15. The Morgan fingerprint density at radius 3 is 2.84 bits per heavy atom. The second kappa shape index (κ2) is 4.04. The SMILES string of the molecule is Cc1cnc(Cn2c(N)nc3ccc(F)c(F)c32)o1. The number of anilines is 1. The predicted octanol–water partition coefficient (Wildman–Crippen LogP) is 2.24. The number of hydrogen-bond donors (Lipinski definition) is 1. The second-order valence-electron chi connectivity index (χ2n) is 4.15. The maximum Gasteiger partial charge on any atom is 0.214 e. The molecule has 1 aromatic carbocycles. The van der Waals surface area contributed by atoms with Gasteiger partial charge in [-0.3, -0.25) is 4.57 Å². The van der Waals surface area contributed by atoms with Crippen molar-refractivity contribution in [2.24, 2.45) is 0 Å². The normalized spacial score (nSPS) is 11.3. The van der Waals surface area contributed by atoms with Crippen molar-refractivity contribution < 1.29 is 13.2 Å². The Balaban J connectivity index is 2.17. The summed E-state index contributed by atoms with van der Waals surface area (Å²) in [5.41, 5.74) is 6.02. The molecule has 7 heteroatoms. The zero-order chi connectivity index (χ0) is 13.6. The monoisotopic (exact) mass is 264 g/mol. The molecule has 0 spiro atoms. The summed E-state index contributed by atoms with van der Waals surface area (Å²) >= 11 is 0. The molecule has 0 aliphatic carbocycles. The minimum atomic E-state index is -0.982. The molecule has 19 heavy (non-hydrogen) atoms. The number of imidazole rings is 1. The van der Waals surface area contributed by atoms with Gasteiger partial charge in [0.25, 0.3) is 0 Å². The van der Waals surface area contributed by atoms with Gasteiger partial charge in [0.1, 0.15) is 17.8 Å². The van der Waals surface area contributed by atoms with E-state index < -0.39 is 11.6 Å². The van der Waals surface area contributed by atoms with Gasteiger partial charge in [-0.2, -0.15) is 0 Å². The fourth-order valence-electron chi connectivity index (χ4n) is 1.94. The van der Waals surface area contributed by atoms with Crippen LogP contribution in [0.5, 0.6) is 0 Å². The van der Waals surface area contributed by atoms with Crippen LogP contribution in [0.4, 0.5) is 14.7 Å². The fourth-order valence-corrected chi connectivity index (χ4v) is 1.94. The highest BCUT2D eigenvalue weighted by Gasteiger charge is 2.17. The third kappa shape index (κ3) is 1.83. The highest BCUT2D eigenvalue weighted by Crippen LogP contribution is 2.24. The Morgan fingerprint density at radius 1 is 1.37 bits per heavy atom. The van der Waals surface area contributed by atoms with E-state index in [1.165, 1.54) is 10.6 Å². The lowest BCUT2D eigenvalue weighted by atomic mass is 10.3. The number of oxazole rings is 1. The van der Waals surface area contributed by atoms with Gasteiger partial charge in [0.05, 0.1) is 11.7 Å². The van der Waals surface area contributed by atoms with E-state index in [9.17, 15) is 8.78 Å². The third-order valence-corrected chi connectivity index (χ3v) is 2.79. The highest BCUT2D eigenvalue weighted by atomic mass is 19.2. The molecule has 0 bridgehead atoms. The van der Waals surface area contributed by atoms with Gasteiger partial charge >= 0.3 is 0 Å². The van der Waals surface area contributed by atoms with Crippen LogP contribution in [0.3, 0.4) is 0 Å². The third-order valence-electron chi connectivity index (χ3n) is 2.79. The summed E-state index contributed by atoms with van der Waals surface area (Å²) in [7, 11) is 0. The van der Waals surface area contributed by atoms with Crippen molar-refractivity contribution in [3.05, 3.63) is 41.6 Å². The quantitative estimate of drug-likeness (QED) is 0.770. The van der Waals surface area contributed by atoms with E-state index in [1.54, 1.807) is 13.1 Å². The van der Waals surface area contributed by atoms with Gasteiger partial charge in [-0.05, 0) is 19.1 Å². The van der Waals surface area contributed by atoms with Gasteiger partial charge in [0.15, 0.2) is 11.6 Å². The van der Waals surface area contributed by atoms with E-state index in [-0.39, 0.29) is 18.0 Å². The van der Waals surface area contributed by atoms with Crippen LogP contribution in [0, 0.1) is 18.6 Å². The summed E-state index contributed by atoms with van der Waals surface area (Å²) in [6, 6.07) is 2.39. The smallest absolute Gasteiger partial charge is 0.214 e. The average molecular weight is 264 g/mol. The molecule has 0 unspecified atom stereocenters. The number of halogens is 2. The number of benzene rings is 1. The molecule has 0 radical (unpaired) electrons. The number of rotatable bonds is 2. The first-order valence-electron chi connectivity index (χ1n) is 5.57. The lowest BCUT2D eigenvalue weighted by Gasteiger charge is -2.04. The summed E-state index contributed by atoms with van der Waals surface area (Å²) in [4.78, 5) is 7.99. The molecule has 0 fully saturated rings. The maximum atomic E-state index is 13.8. The number of aryl methyl sites for hydroxylation is 1. The topological polar surface area (TPSA) is 69.9 Å². The number of hydrogen-bond acceptors (Lipinski definition) is 4. The van der Waals surface area contributed by atoms with E-state index in [4.69, 9.17) is 10.2 Å². The summed E-state index contributed by atoms with van der Waals surface area (Å²) in [5.74, 6) is -0.866. The Hall–Kier alpha value is -2.44. The molecule has 0 aliphatic heterocycles. The van der Waals surface area contributed by atoms with Crippen molar-refractivity contribution in [3.63, 3.8) is 0 Å². The van der Waals surface area contributed by atoms with Crippen LogP contribution in [0.2, 0.25) is 0 Å². The van der Waals surface area contributed by atoms with Gasteiger partial charge in [0, 0.05) is 0 Å². The first-order valence-corrected chi connectivity index (χ1v) is 5.57. The zero-order valence-electron chi connectivity index (χ0n) is 10.0. The van der Waals surface area contributed by atoms with E-state index in [0.29, 0.717) is 17.2 Å². The van der Waals surface area contributed by atoms with Crippen molar-refractivity contribution in [1.29, 1.82) is 0 Å². The van der Waals surface area contributed by atoms with Crippen molar-refractivity contribution >= 4 is 17.0 Å². The molecule has 0 amide bonds. The first-order chi connectivity index (χ1) is 9.06. The molecule has 3 aromatic rings. The van der Waals surface area contributed by atoms with Crippen LogP contribution >= 0.6 is 0 Å². The van der Waals surface area contributed by atoms with Crippen molar-refractivity contribution in [2.75, 3.05) is 5.73 Å². The average Bonchev–Trinajstić information content (AvgIpc) is 2.90. The predicted molar refractivity (Wildman–Crippen MR) is 64.4 cm³/mol. The van der Waals surface area contributed by atoms with Crippen LogP contribution < -0.4 is 5.73 Å². The van der Waals surface area contributed by atoms with Crippen molar-refractivity contribution in [1.82, 2.24) is 14.5 Å². The van der Waals surface area contributed by atoms with Gasteiger partial charge in [-0.1, -0.05) is 0 Å². The van der Waals surface area contributed by atoms with E-state index >= 15 is 0 Å². The molecule has 3 rings (SSSR count). The number of nitrogens with zero attached hydrogens (tertiary/aromatic N) is 3. The fraction of sp³-hybridized carbons (Fsp3) is 0.167. The van der Waals surface area contributed by atoms with Crippen LogP contribution in [0.25, 0.3) is 11.0 Å². The molecule has 5 nitrogen and oxygen atoms in total. The lowest BCUT2D eigenvalue weighted by Crippen LogP contribution is -2.06. The minimum Gasteiger partial charge on any atom is -0.444 e. The molecular weight excluding hydrogens is 254 g/mol. The van der Waals surface area contributed by atoms with E-state index in [1.807, 2.05) is 0 Å².